The Kier molecular flexibility index (Phi) is 3.10. The average molecular weight is 288 g/mol. The Balaban J connectivity index is 2.28. The summed E-state index contributed by atoms with van der Waals surface area (Å²) in [5, 5.41) is 8.99. The summed E-state index contributed by atoms with van der Waals surface area (Å²) >= 11 is 5.66. The van der Waals surface area contributed by atoms with Gasteiger partial charge in [0.25, 0.3) is 9.84 Å². The number of halogens is 1. The van der Waals surface area contributed by atoms with Gasteiger partial charge in [0.15, 0.2) is 5.70 Å². The van der Waals surface area contributed by atoms with Gasteiger partial charge in [-0.25, -0.2) is 13.2 Å². The first-order valence-corrected chi connectivity index (χ1v) is 6.53. The minimum Gasteiger partial charge on any atom is -0.476 e. The van der Waals surface area contributed by atoms with E-state index in [1.807, 2.05) is 0 Å². The number of hydrogen-bond donors (Lipinski definition) is 1. The third-order valence-electron chi connectivity index (χ3n) is 1.96. The molecule has 1 aliphatic heterocycles. The van der Waals surface area contributed by atoms with Crippen molar-refractivity contribution in [1.29, 1.82) is 0 Å². The van der Waals surface area contributed by atoms with Gasteiger partial charge in [-0.1, -0.05) is 11.6 Å². The van der Waals surface area contributed by atoms with Crippen LogP contribution in [0.4, 0.5) is 0 Å². The standard InChI is InChI=1S/C10H6ClNO5S/c11-6-1-3-7(4-2-6)17-10-12-8(9(13)14)5-18(10,15)16/h1-5H,(H,13,14). The molecular weight excluding hydrogens is 282 g/mol. The highest BCUT2D eigenvalue weighted by Crippen LogP contribution is 2.21. The molecule has 0 saturated carbocycles. The first-order chi connectivity index (χ1) is 8.38. The maximum absolute atomic E-state index is 11.5. The average Bonchev–Trinajstić information content (AvgIpc) is 2.58. The van der Waals surface area contributed by atoms with Crippen LogP contribution >= 0.6 is 11.6 Å². The van der Waals surface area contributed by atoms with Gasteiger partial charge < -0.3 is 9.84 Å². The van der Waals surface area contributed by atoms with Crippen LogP contribution in [0.5, 0.6) is 5.75 Å². The van der Waals surface area contributed by atoms with E-state index >= 15 is 0 Å². The van der Waals surface area contributed by atoms with Crippen LogP contribution in [0.2, 0.25) is 5.02 Å². The molecule has 94 valence electrons. The second-order valence-corrected chi connectivity index (χ2v) is 5.40. The number of carbonyl (C=O) groups is 1. The van der Waals surface area contributed by atoms with Crippen LogP contribution < -0.4 is 4.74 Å². The molecule has 2 rings (SSSR count). The number of nitrogens with zero attached hydrogens (tertiary/aromatic N) is 1. The van der Waals surface area contributed by atoms with E-state index in [0.29, 0.717) is 10.4 Å². The van der Waals surface area contributed by atoms with Gasteiger partial charge >= 0.3 is 11.2 Å². The number of ether oxygens (including phenoxy) is 1. The van der Waals surface area contributed by atoms with Crippen molar-refractivity contribution < 1.29 is 23.1 Å². The molecule has 0 atom stereocenters. The van der Waals surface area contributed by atoms with Crippen molar-refractivity contribution in [3.8, 4) is 5.75 Å². The zero-order chi connectivity index (χ0) is 13.3. The maximum atomic E-state index is 11.5. The predicted octanol–water partition coefficient (Wildman–Crippen LogP) is 1.43. The Morgan fingerprint density at radius 2 is 1.89 bits per heavy atom. The molecule has 0 saturated heterocycles. The lowest BCUT2D eigenvalue weighted by Crippen LogP contribution is -2.15. The summed E-state index contributed by atoms with van der Waals surface area (Å²) < 4.78 is 28.1. The molecule has 1 aromatic carbocycles. The fourth-order valence-electron chi connectivity index (χ4n) is 1.17. The van der Waals surface area contributed by atoms with Crippen LogP contribution in [-0.2, 0) is 14.6 Å². The molecule has 0 unspecified atom stereocenters. The molecule has 0 bridgehead atoms. The first-order valence-electron chi connectivity index (χ1n) is 4.61. The largest absolute Gasteiger partial charge is 0.476 e. The van der Waals surface area contributed by atoms with Crippen molar-refractivity contribution in [3.63, 3.8) is 0 Å². The molecule has 18 heavy (non-hydrogen) atoms. The molecule has 1 N–H and O–H groups in total. The number of carboxylic acid groups (broad SMARTS) is 1. The van der Waals surface area contributed by atoms with Gasteiger partial charge in [-0.05, 0) is 24.3 Å². The predicted molar refractivity (Wildman–Crippen MR) is 64.2 cm³/mol. The van der Waals surface area contributed by atoms with Gasteiger partial charge in [0.2, 0.25) is 0 Å². The fourth-order valence-corrected chi connectivity index (χ4v) is 2.28. The summed E-state index contributed by atoms with van der Waals surface area (Å²) in [7, 11) is -3.94. The first kappa shape index (κ1) is 12.6. The van der Waals surface area contributed by atoms with Gasteiger partial charge in [0.05, 0.1) is 5.41 Å². The summed E-state index contributed by atoms with van der Waals surface area (Å²) in [6, 6.07) is 5.90. The second kappa shape index (κ2) is 4.43. The van der Waals surface area contributed by atoms with E-state index in [1.54, 1.807) is 0 Å². The molecule has 6 nitrogen and oxygen atoms in total. The fraction of sp³-hybridized carbons (Fsp3) is 0. The van der Waals surface area contributed by atoms with Gasteiger partial charge in [0.1, 0.15) is 5.75 Å². The lowest BCUT2D eigenvalue weighted by molar-refractivity contribution is -0.132. The van der Waals surface area contributed by atoms with Crippen LogP contribution in [0.15, 0.2) is 40.4 Å². The molecule has 1 aromatic rings. The van der Waals surface area contributed by atoms with E-state index in [0.717, 1.165) is 0 Å². The van der Waals surface area contributed by atoms with E-state index in [1.165, 1.54) is 24.3 Å². The molecule has 0 fully saturated rings. The third-order valence-corrected chi connectivity index (χ3v) is 3.41. The smallest absolute Gasteiger partial charge is 0.355 e. The number of benzene rings is 1. The molecule has 0 radical (unpaired) electrons. The van der Waals surface area contributed by atoms with E-state index in [9.17, 15) is 13.2 Å². The van der Waals surface area contributed by atoms with Gasteiger partial charge in [-0.15, -0.1) is 0 Å². The molecule has 0 amide bonds. The molecular formula is C10H6ClNO5S. The zero-order valence-corrected chi connectivity index (χ0v) is 10.3. The minimum atomic E-state index is -3.94. The number of aliphatic imine (C=N–C) groups is 1. The normalized spacial score (nSPS) is 16.9. The summed E-state index contributed by atoms with van der Waals surface area (Å²) in [6.07, 6.45) is 0. The Morgan fingerprint density at radius 3 is 2.39 bits per heavy atom. The Labute approximate surface area is 107 Å². The third kappa shape index (κ3) is 2.52. The highest BCUT2D eigenvalue weighted by molar-refractivity contribution is 8.08. The molecule has 0 aliphatic carbocycles. The monoisotopic (exact) mass is 287 g/mol. The molecule has 8 heteroatoms. The van der Waals surface area contributed by atoms with Crippen molar-refractivity contribution in [2.24, 2.45) is 4.99 Å². The van der Waals surface area contributed by atoms with Crippen molar-refractivity contribution >= 4 is 32.6 Å². The second-order valence-electron chi connectivity index (χ2n) is 3.29. The van der Waals surface area contributed by atoms with Crippen molar-refractivity contribution in [1.82, 2.24) is 0 Å². The molecule has 1 aliphatic rings. The zero-order valence-electron chi connectivity index (χ0n) is 8.70. The quantitative estimate of drug-likeness (QED) is 0.888. The van der Waals surface area contributed by atoms with Crippen LogP contribution in [0.3, 0.4) is 0 Å². The summed E-state index contributed by atoms with van der Waals surface area (Å²) in [6.45, 7) is 0. The summed E-state index contributed by atoms with van der Waals surface area (Å²) in [5.74, 6) is -1.24. The highest BCUT2D eigenvalue weighted by atomic mass is 35.5. The highest BCUT2D eigenvalue weighted by Gasteiger charge is 2.30. The Morgan fingerprint density at radius 1 is 1.28 bits per heavy atom. The van der Waals surface area contributed by atoms with E-state index in [2.05, 4.69) is 4.99 Å². The molecule has 0 aromatic heterocycles. The van der Waals surface area contributed by atoms with E-state index < -0.39 is 26.7 Å². The SMILES string of the molecule is O=C(O)C1=CS(=O)(=O)C(Oc2ccc(Cl)cc2)=N1. The Bertz CT molecular complexity index is 660. The van der Waals surface area contributed by atoms with Gasteiger partial charge in [-0.2, -0.15) is 4.99 Å². The van der Waals surface area contributed by atoms with Crippen molar-refractivity contribution in [2.45, 2.75) is 0 Å². The van der Waals surface area contributed by atoms with Crippen LogP contribution in [0.1, 0.15) is 0 Å². The topological polar surface area (TPSA) is 93.0 Å². The Hall–Kier alpha value is -1.86. The van der Waals surface area contributed by atoms with E-state index in [-0.39, 0.29) is 5.75 Å². The van der Waals surface area contributed by atoms with Crippen LogP contribution in [0, 0.1) is 0 Å². The number of sulfone groups is 1. The molecule has 0 spiro atoms. The van der Waals surface area contributed by atoms with Crippen molar-refractivity contribution in [3.05, 3.63) is 40.4 Å². The number of rotatable bonds is 2. The maximum Gasteiger partial charge on any atom is 0.355 e. The number of aliphatic carboxylic acids is 1. The lowest BCUT2D eigenvalue weighted by atomic mass is 10.3. The molecule has 1 heterocycles. The summed E-state index contributed by atoms with van der Waals surface area (Å²) in [4.78, 5) is 14.0. The van der Waals surface area contributed by atoms with Gasteiger partial charge in [0, 0.05) is 5.02 Å². The summed E-state index contributed by atoms with van der Waals surface area (Å²) in [5.41, 5.74) is -0.584. The van der Waals surface area contributed by atoms with Crippen LogP contribution in [0.25, 0.3) is 0 Å². The van der Waals surface area contributed by atoms with E-state index in [4.69, 9.17) is 21.4 Å². The van der Waals surface area contributed by atoms with Crippen molar-refractivity contribution in [2.75, 3.05) is 0 Å². The minimum absolute atomic E-state index is 0.196. The number of hydrogen-bond acceptors (Lipinski definition) is 5. The van der Waals surface area contributed by atoms with Gasteiger partial charge in [-0.3, -0.25) is 0 Å². The number of carboxylic acids is 1. The lowest BCUT2D eigenvalue weighted by Gasteiger charge is -2.03. The van der Waals surface area contributed by atoms with Crippen LogP contribution in [-0.4, -0.2) is 24.7 Å².